The lowest BCUT2D eigenvalue weighted by atomic mass is 9.78. The molecule has 0 radical (unpaired) electrons. The van der Waals surface area contributed by atoms with Gasteiger partial charge in [-0.15, -0.1) is 0 Å². The summed E-state index contributed by atoms with van der Waals surface area (Å²) in [7, 11) is 1.70. The van der Waals surface area contributed by atoms with Gasteiger partial charge in [0.25, 0.3) is 0 Å². The fraction of sp³-hybridized carbons (Fsp3) is 1.00. The van der Waals surface area contributed by atoms with Crippen LogP contribution >= 0.6 is 0 Å². The summed E-state index contributed by atoms with van der Waals surface area (Å²) in [6.45, 7) is 0.459. The van der Waals surface area contributed by atoms with Gasteiger partial charge in [0, 0.05) is 0 Å². The van der Waals surface area contributed by atoms with Gasteiger partial charge in [-0.2, -0.15) is 13.2 Å². The fourth-order valence-corrected chi connectivity index (χ4v) is 2.50. The maximum atomic E-state index is 12.8. The maximum absolute atomic E-state index is 12.8. The Morgan fingerprint density at radius 1 is 1.20 bits per heavy atom. The molecule has 1 unspecified atom stereocenters. The van der Waals surface area contributed by atoms with Crippen molar-refractivity contribution < 1.29 is 13.2 Å². The van der Waals surface area contributed by atoms with E-state index in [9.17, 15) is 13.2 Å². The summed E-state index contributed by atoms with van der Waals surface area (Å²) < 4.78 is 38.4. The summed E-state index contributed by atoms with van der Waals surface area (Å²) in [6.07, 6.45) is 0.770. The van der Waals surface area contributed by atoms with Crippen molar-refractivity contribution in [2.45, 2.75) is 44.7 Å². The zero-order valence-electron chi connectivity index (χ0n) is 9.24. The average molecular weight is 223 g/mol. The molecule has 0 aromatic heterocycles. The maximum Gasteiger partial charge on any atom is 0.392 e. The molecule has 0 spiro atoms. The highest BCUT2D eigenvalue weighted by Crippen LogP contribution is 2.41. The second-order valence-corrected chi connectivity index (χ2v) is 4.44. The van der Waals surface area contributed by atoms with E-state index >= 15 is 0 Å². The monoisotopic (exact) mass is 223 g/mol. The zero-order chi connectivity index (χ0) is 11.3. The lowest BCUT2D eigenvalue weighted by Crippen LogP contribution is -2.33. The van der Waals surface area contributed by atoms with Gasteiger partial charge in [0.05, 0.1) is 5.92 Å². The van der Waals surface area contributed by atoms with E-state index < -0.39 is 12.1 Å². The molecule has 1 nitrogen and oxygen atoms in total. The van der Waals surface area contributed by atoms with Crippen LogP contribution in [0, 0.1) is 11.8 Å². The smallest absolute Gasteiger partial charge is 0.320 e. The van der Waals surface area contributed by atoms with Gasteiger partial charge in [-0.05, 0) is 38.8 Å². The number of hydrogen-bond acceptors (Lipinski definition) is 1. The summed E-state index contributed by atoms with van der Waals surface area (Å²) in [5.74, 6) is -1.22. The van der Waals surface area contributed by atoms with E-state index in [-0.39, 0.29) is 12.3 Å². The molecule has 0 aliphatic heterocycles. The van der Waals surface area contributed by atoms with Crippen molar-refractivity contribution in [2.24, 2.45) is 11.8 Å². The highest BCUT2D eigenvalue weighted by atomic mass is 19.4. The molecule has 90 valence electrons. The SMILES string of the molecule is CNCCC(C1CCCCC1)C(F)(F)F. The second kappa shape index (κ2) is 5.73. The molecule has 1 atom stereocenters. The van der Waals surface area contributed by atoms with E-state index in [2.05, 4.69) is 5.32 Å². The number of nitrogens with one attached hydrogen (secondary N) is 1. The normalized spacial score (nSPS) is 21.6. The van der Waals surface area contributed by atoms with Gasteiger partial charge in [-0.1, -0.05) is 19.3 Å². The van der Waals surface area contributed by atoms with Crippen LogP contribution in [0.1, 0.15) is 38.5 Å². The van der Waals surface area contributed by atoms with E-state index in [1.807, 2.05) is 0 Å². The molecule has 0 heterocycles. The van der Waals surface area contributed by atoms with Crippen molar-refractivity contribution in [1.29, 1.82) is 0 Å². The average Bonchev–Trinajstić information content (AvgIpc) is 2.18. The summed E-state index contributed by atoms with van der Waals surface area (Å²) in [5.41, 5.74) is 0. The van der Waals surface area contributed by atoms with Gasteiger partial charge in [0.1, 0.15) is 0 Å². The minimum atomic E-state index is -4.02. The third kappa shape index (κ3) is 4.01. The van der Waals surface area contributed by atoms with Crippen molar-refractivity contribution in [3.63, 3.8) is 0 Å². The van der Waals surface area contributed by atoms with Crippen LogP contribution in [0.25, 0.3) is 0 Å². The van der Waals surface area contributed by atoms with Gasteiger partial charge in [-0.25, -0.2) is 0 Å². The Bertz CT molecular complexity index is 173. The Labute approximate surface area is 89.4 Å². The Balaban J connectivity index is 2.53. The molecule has 0 amide bonds. The number of rotatable bonds is 4. The first-order valence-electron chi connectivity index (χ1n) is 5.77. The molecule has 1 fully saturated rings. The molecule has 0 saturated heterocycles. The van der Waals surface area contributed by atoms with Crippen molar-refractivity contribution in [3.05, 3.63) is 0 Å². The first-order valence-corrected chi connectivity index (χ1v) is 5.77. The van der Waals surface area contributed by atoms with Gasteiger partial charge < -0.3 is 5.32 Å². The minimum Gasteiger partial charge on any atom is -0.320 e. The van der Waals surface area contributed by atoms with Crippen LogP contribution in [0.4, 0.5) is 13.2 Å². The van der Waals surface area contributed by atoms with Gasteiger partial charge in [-0.3, -0.25) is 0 Å². The van der Waals surface area contributed by atoms with Gasteiger partial charge >= 0.3 is 6.18 Å². The Kier molecular flexibility index (Phi) is 4.90. The first-order chi connectivity index (χ1) is 7.05. The van der Waals surface area contributed by atoms with Crippen molar-refractivity contribution in [1.82, 2.24) is 5.32 Å². The molecule has 0 aromatic rings. The predicted molar refractivity (Wildman–Crippen MR) is 54.7 cm³/mol. The third-order valence-corrected chi connectivity index (χ3v) is 3.34. The molecule has 15 heavy (non-hydrogen) atoms. The van der Waals surface area contributed by atoms with E-state index in [0.29, 0.717) is 6.54 Å². The van der Waals surface area contributed by atoms with Gasteiger partial charge in [0.2, 0.25) is 0 Å². The van der Waals surface area contributed by atoms with E-state index in [0.717, 1.165) is 32.1 Å². The van der Waals surface area contributed by atoms with E-state index in [4.69, 9.17) is 0 Å². The summed E-state index contributed by atoms with van der Waals surface area (Å²) in [4.78, 5) is 0. The second-order valence-electron chi connectivity index (χ2n) is 4.44. The predicted octanol–water partition coefficient (Wildman–Crippen LogP) is 3.35. The van der Waals surface area contributed by atoms with Crippen LogP contribution in [0.5, 0.6) is 0 Å². The van der Waals surface area contributed by atoms with Crippen LogP contribution in [0.3, 0.4) is 0 Å². The molecule has 1 N–H and O–H groups in total. The van der Waals surface area contributed by atoms with Crippen LogP contribution in [-0.2, 0) is 0 Å². The molecule has 0 aromatic carbocycles. The lowest BCUT2D eigenvalue weighted by molar-refractivity contribution is -0.193. The van der Waals surface area contributed by atoms with Crippen LogP contribution in [-0.4, -0.2) is 19.8 Å². The Morgan fingerprint density at radius 3 is 2.27 bits per heavy atom. The van der Waals surface area contributed by atoms with E-state index in [1.54, 1.807) is 7.05 Å². The lowest BCUT2D eigenvalue weighted by Gasteiger charge is -2.31. The summed E-state index contributed by atoms with van der Waals surface area (Å²) in [6, 6.07) is 0. The Hall–Kier alpha value is -0.250. The molecular formula is C11H20F3N. The first kappa shape index (κ1) is 12.8. The highest BCUT2D eigenvalue weighted by molar-refractivity contribution is 4.79. The van der Waals surface area contributed by atoms with Crippen LogP contribution < -0.4 is 5.32 Å². The number of alkyl halides is 3. The van der Waals surface area contributed by atoms with E-state index in [1.165, 1.54) is 0 Å². The van der Waals surface area contributed by atoms with Crippen molar-refractivity contribution in [3.8, 4) is 0 Å². The van der Waals surface area contributed by atoms with Crippen molar-refractivity contribution in [2.75, 3.05) is 13.6 Å². The molecule has 1 saturated carbocycles. The van der Waals surface area contributed by atoms with Crippen LogP contribution in [0.2, 0.25) is 0 Å². The fourth-order valence-electron chi connectivity index (χ4n) is 2.50. The molecule has 4 heteroatoms. The summed E-state index contributed by atoms with van der Waals surface area (Å²) >= 11 is 0. The third-order valence-electron chi connectivity index (χ3n) is 3.34. The quantitative estimate of drug-likeness (QED) is 0.770. The molecule has 1 aliphatic rings. The molecule has 1 rings (SSSR count). The van der Waals surface area contributed by atoms with Gasteiger partial charge in [0.15, 0.2) is 0 Å². The van der Waals surface area contributed by atoms with Crippen LogP contribution in [0.15, 0.2) is 0 Å². The minimum absolute atomic E-state index is 0.132. The number of hydrogen-bond donors (Lipinski definition) is 1. The molecular weight excluding hydrogens is 203 g/mol. The standard InChI is InChI=1S/C11H20F3N/c1-15-8-7-10(11(12,13)14)9-5-3-2-4-6-9/h9-10,15H,2-8H2,1H3. The topological polar surface area (TPSA) is 12.0 Å². The Morgan fingerprint density at radius 2 is 1.80 bits per heavy atom. The largest absolute Gasteiger partial charge is 0.392 e. The molecule has 0 bridgehead atoms. The highest BCUT2D eigenvalue weighted by Gasteiger charge is 2.43. The van der Waals surface area contributed by atoms with Crippen molar-refractivity contribution >= 4 is 0 Å². The molecule has 1 aliphatic carbocycles. The number of halogens is 3. The summed E-state index contributed by atoms with van der Waals surface area (Å²) in [5, 5.41) is 2.81. The zero-order valence-corrected chi connectivity index (χ0v) is 9.24.